The van der Waals surface area contributed by atoms with Gasteiger partial charge in [-0.3, -0.25) is 0 Å². The van der Waals surface area contributed by atoms with Crippen LogP contribution in [0.25, 0.3) is 0 Å². The van der Waals surface area contributed by atoms with Crippen LogP contribution in [-0.4, -0.2) is 28.1 Å². The second-order valence-electron chi connectivity index (χ2n) is 5.54. The molecule has 0 aromatic carbocycles. The van der Waals surface area contributed by atoms with Crippen molar-refractivity contribution in [1.82, 2.24) is 0 Å². The van der Waals surface area contributed by atoms with E-state index in [4.69, 9.17) is 4.74 Å². The molecule has 1 aliphatic rings. The minimum absolute atomic E-state index is 0.0221. The molecule has 0 amide bonds. The van der Waals surface area contributed by atoms with Crippen LogP contribution >= 0.6 is 0 Å². The van der Waals surface area contributed by atoms with E-state index in [1.807, 2.05) is 6.92 Å². The third kappa shape index (κ3) is 3.74. The van der Waals surface area contributed by atoms with Crippen molar-refractivity contribution >= 4 is 22.0 Å². The van der Waals surface area contributed by atoms with Crippen LogP contribution in [0.3, 0.4) is 0 Å². The third-order valence-corrected chi connectivity index (χ3v) is 5.84. The monoisotopic (exact) mass is 319 g/mol. The second-order valence-corrected chi connectivity index (χ2v) is 7.13. The van der Waals surface area contributed by atoms with Crippen molar-refractivity contribution in [2.24, 2.45) is 5.92 Å². The summed E-state index contributed by atoms with van der Waals surface area (Å²) in [7, 11) is 0. The Morgan fingerprint density at radius 2 is 1.83 bits per heavy atom. The number of ether oxygens (including phenoxy) is 1. The molecule has 1 fully saturated rings. The molecule has 105 valence electrons. The average molecular weight is 318 g/mol. The Kier molecular flexibility index (Phi) is 6.73. The van der Waals surface area contributed by atoms with Gasteiger partial charge in [0.05, 0.1) is 0 Å². The van der Waals surface area contributed by atoms with E-state index >= 15 is 0 Å². The summed E-state index contributed by atoms with van der Waals surface area (Å²) in [6, 6.07) is 0. The SMILES string of the molecule is CCCCCCC1C(=O)OC(C)C1([Se])CCCC. The predicted molar refractivity (Wildman–Crippen MR) is 75.8 cm³/mol. The molecular weight excluding hydrogens is 291 g/mol. The van der Waals surface area contributed by atoms with Crippen molar-refractivity contribution in [1.29, 1.82) is 0 Å². The zero-order valence-electron chi connectivity index (χ0n) is 12.0. The van der Waals surface area contributed by atoms with Crippen molar-refractivity contribution < 1.29 is 9.53 Å². The van der Waals surface area contributed by atoms with E-state index in [0.717, 1.165) is 19.3 Å². The van der Waals surface area contributed by atoms with Gasteiger partial charge in [-0.05, 0) is 0 Å². The number of carbonyl (C=O) groups is 1. The standard InChI is InChI=1S/C15H27O2Se/c1-4-6-8-9-10-13-14(16)17-12(3)15(13,18)11-7-5-2/h12-13H,4-11H2,1-3H3. The summed E-state index contributed by atoms with van der Waals surface area (Å²) in [5.41, 5.74) is 0. The van der Waals surface area contributed by atoms with Crippen molar-refractivity contribution in [2.75, 3.05) is 0 Å². The fourth-order valence-corrected chi connectivity index (χ4v) is 3.66. The Morgan fingerprint density at radius 3 is 2.44 bits per heavy atom. The molecule has 1 radical (unpaired) electrons. The molecule has 3 atom stereocenters. The first-order valence-electron chi connectivity index (χ1n) is 7.47. The van der Waals surface area contributed by atoms with E-state index in [2.05, 4.69) is 29.9 Å². The van der Waals surface area contributed by atoms with Crippen LogP contribution in [-0.2, 0) is 9.53 Å². The molecule has 18 heavy (non-hydrogen) atoms. The van der Waals surface area contributed by atoms with Crippen LogP contribution < -0.4 is 0 Å². The van der Waals surface area contributed by atoms with Gasteiger partial charge in [0.15, 0.2) is 0 Å². The Morgan fingerprint density at radius 1 is 1.17 bits per heavy atom. The van der Waals surface area contributed by atoms with E-state index < -0.39 is 0 Å². The number of unbranched alkanes of at least 4 members (excludes halogenated alkanes) is 4. The first-order chi connectivity index (χ1) is 8.56. The number of carbonyl (C=O) groups excluding carboxylic acids is 1. The van der Waals surface area contributed by atoms with Gasteiger partial charge in [-0.1, -0.05) is 0 Å². The van der Waals surface area contributed by atoms with Gasteiger partial charge in [-0.25, -0.2) is 0 Å². The van der Waals surface area contributed by atoms with Gasteiger partial charge < -0.3 is 0 Å². The Balaban J connectivity index is 2.57. The zero-order valence-corrected chi connectivity index (χ0v) is 13.7. The number of cyclic esters (lactones) is 1. The number of esters is 1. The maximum absolute atomic E-state index is 12.0. The van der Waals surface area contributed by atoms with Gasteiger partial charge in [0.1, 0.15) is 0 Å². The molecule has 1 heterocycles. The molecule has 0 aromatic heterocycles. The normalized spacial score (nSPS) is 31.7. The van der Waals surface area contributed by atoms with Gasteiger partial charge in [-0.15, -0.1) is 0 Å². The molecule has 0 aliphatic carbocycles. The van der Waals surface area contributed by atoms with Crippen LogP contribution in [0, 0.1) is 5.92 Å². The van der Waals surface area contributed by atoms with Gasteiger partial charge in [0.25, 0.3) is 0 Å². The molecule has 2 nitrogen and oxygen atoms in total. The minimum atomic E-state index is -0.0562. The molecule has 0 bridgehead atoms. The van der Waals surface area contributed by atoms with E-state index in [0.29, 0.717) is 0 Å². The van der Waals surface area contributed by atoms with E-state index in [1.54, 1.807) is 0 Å². The van der Waals surface area contributed by atoms with Crippen molar-refractivity contribution in [2.45, 2.75) is 82.6 Å². The number of hydrogen-bond donors (Lipinski definition) is 0. The summed E-state index contributed by atoms with van der Waals surface area (Å²) in [6.07, 6.45) is 9.32. The van der Waals surface area contributed by atoms with E-state index in [1.165, 1.54) is 32.1 Å². The van der Waals surface area contributed by atoms with Crippen LogP contribution in [0.1, 0.15) is 72.1 Å². The van der Waals surface area contributed by atoms with Gasteiger partial charge in [0.2, 0.25) is 0 Å². The fraction of sp³-hybridized carbons (Fsp3) is 0.933. The van der Waals surface area contributed by atoms with Gasteiger partial charge >= 0.3 is 120 Å². The average Bonchev–Trinajstić information content (AvgIpc) is 2.55. The summed E-state index contributed by atoms with van der Waals surface area (Å²) in [5.74, 6) is 0.102. The summed E-state index contributed by atoms with van der Waals surface area (Å²) >= 11 is 3.31. The maximum atomic E-state index is 12.0. The number of rotatable bonds is 8. The van der Waals surface area contributed by atoms with Crippen molar-refractivity contribution in [3.05, 3.63) is 0 Å². The molecule has 0 saturated carbocycles. The molecule has 0 aromatic rings. The molecule has 3 heteroatoms. The third-order valence-electron chi connectivity index (χ3n) is 4.12. The van der Waals surface area contributed by atoms with E-state index in [-0.39, 0.29) is 22.3 Å². The Bertz CT molecular complexity index is 267. The Labute approximate surface area is 120 Å². The predicted octanol–water partition coefficient (Wildman–Crippen LogP) is 4.04. The molecule has 0 spiro atoms. The van der Waals surface area contributed by atoms with Crippen molar-refractivity contribution in [3.8, 4) is 0 Å². The molecule has 3 unspecified atom stereocenters. The molecule has 0 N–H and O–H groups in total. The topological polar surface area (TPSA) is 26.3 Å². The van der Waals surface area contributed by atoms with Crippen LogP contribution in [0.2, 0.25) is 4.31 Å². The first kappa shape index (κ1) is 16.0. The zero-order chi connectivity index (χ0) is 13.6. The van der Waals surface area contributed by atoms with Gasteiger partial charge in [0, 0.05) is 0 Å². The van der Waals surface area contributed by atoms with Crippen LogP contribution in [0.5, 0.6) is 0 Å². The molecule has 1 aliphatic heterocycles. The fourth-order valence-electron chi connectivity index (χ4n) is 2.81. The number of hydrogen-bond acceptors (Lipinski definition) is 2. The van der Waals surface area contributed by atoms with E-state index in [9.17, 15) is 4.79 Å². The summed E-state index contributed by atoms with van der Waals surface area (Å²) in [6.45, 7) is 6.45. The molecule has 1 saturated heterocycles. The van der Waals surface area contributed by atoms with Crippen LogP contribution in [0.4, 0.5) is 0 Å². The molecular formula is C15H27O2Se. The summed E-state index contributed by atoms with van der Waals surface area (Å²) in [5, 5.41) is 0. The van der Waals surface area contributed by atoms with Crippen molar-refractivity contribution in [3.63, 3.8) is 0 Å². The second kappa shape index (κ2) is 7.55. The quantitative estimate of drug-likeness (QED) is 0.384. The van der Waals surface area contributed by atoms with Crippen LogP contribution in [0.15, 0.2) is 0 Å². The first-order valence-corrected chi connectivity index (χ1v) is 8.32. The summed E-state index contributed by atoms with van der Waals surface area (Å²) in [4.78, 5) is 12.0. The Hall–Kier alpha value is -0.0105. The molecule has 1 rings (SSSR count). The van der Waals surface area contributed by atoms with Gasteiger partial charge in [-0.2, -0.15) is 0 Å². The summed E-state index contributed by atoms with van der Waals surface area (Å²) < 4.78 is 5.42.